The molecule has 4 amide bonds. The second kappa shape index (κ2) is 4.34. The number of carbonyl (C=O) groups is 3. The molecule has 0 radical (unpaired) electrons. The highest BCUT2D eigenvalue weighted by atomic mass is 79.9. The van der Waals surface area contributed by atoms with Gasteiger partial charge >= 0.3 is 24.0 Å². The summed E-state index contributed by atoms with van der Waals surface area (Å²) in [5.74, 6) is -2.41. The molecule has 1 fully saturated rings. The van der Waals surface area contributed by atoms with Crippen molar-refractivity contribution in [2.75, 3.05) is 4.90 Å². The van der Waals surface area contributed by atoms with Crippen LogP contribution in [0, 0.1) is 0 Å². The van der Waals surface area contributed by atoms with E-state index in [0.29, 0.717) is 11.0 Å². The fourth-order valence-corrected chi connectivity index (χ4v) is 1.98. The lowest BCUT2D eigenvalue weighted by Gasteiger charge is -2.15. The molecule has 0 unspecified atom stereocenters. The van der Waals surface area contributed by atoms with Gasteiger partial charge in [-0.25, -0.2) is 9.69 Å². The van der Waals surface area contributed by atoms with Crippen LogP contribution in [0.3, 0.4) is 0 Å². The van der Waals surface area contributed by atoms with Gasteiger partial charge in [0.05, 0.1) is 11.3 Å². The van der Waals surface area contributed by atoms with Crippen LogP contribution in [-0.2, 0) is 15.8 Å². The summed E-state index contributed by atoms with van der Waals surface area (Å²) in [6.45, 7) is 0. The van der Waals surface area contributed by atoms with Gasteiger partial charge < -0.3 is 0 Å². The molecule has 1 heterocycles. The minimum atomic E-state index is -4.64. The number of benzene rings is 1. The normalized spacial score (nSPS) is 16.0. The third kappa shape index (κ3) is 2.46. The highest BCUT2D eigenvalue weighted by Gasteiger charge is 2.39. The lowest BCUT2D eigenvalue weighted by Crippen LogP contribution is -2.31. The summed E-state index contributed by atoms with van der Waals surface area (Å²) >= 11 is 2.85. The minimum Gasteiger partial charge on any atom is -0.269 e. The summed E-state index contributed by atoms with van der Waals surface area (Å²) in [6, 6.07) is 1.46. The number of anilines is 1. The second-order valence-corrected chi connectivity index (χ2v) is 4.51. The molecule has 0 aliphatic carbocycles. The molecule has 2 rings (SSSR count). The zero-order valence-electron chi connectivity index (χ0n) is 8.92. The fourth-order valence-electron chi connectivity index (χ4n) is 1.50. The SMILES string of the molecule is O=C1NC(=O)N(c2cc(Br)cc(C(F)(F)F)c2)C1=O. The summed E-state index contributed by atoms with van der Waals surface area (Å²) in [7, 11) is 0. The smallest absolute Gasteiger partial charge is 0.269 e. The third-order valence-corrected chi connectivity index (χ3v) is 2.75. The molecule has 1 aliphatic rings. The Balaban J connectivity index is 2.52. The Kier molecular flexibility index (Phi) is 3.09. The first-order valence-electron chi connectivity index (χ1n) is 4.77. The van der Waals surface area contributed by atoms with Gasteiger partial charge in [0.1, 0.15) is 0 Å². The standard InChI is InChI=1S/C10H4BrF3N2O3/c11-5-1-4(10(12,13)14)2-6(3-5)16-8(18)7(17)15-9(16)19/h1-3H,(H,15,17,19). The van der Waals surface area contributed by atoms with E-state index in [2.05, 4.69) is 15.9 Å². The van der Waals surface area contributed by atoms with E-state index in [1.165, 1.54) is 0 Å². The zero-order valence-corrected chi connectivity index (χ0v) is 10.5. The third-order valence-electron chi connectivity index (χ3n) is 2.29. The van der Waals surface area contributed by atoms with Crippen LogP contribution in [0.15, 0.2) is 22.7 Å². The molecule has 1 aliphatic heterocycles. The Bertz CT molecular complexity index is 600. The average Bonchev–Trinajstić information content (AvgIpc) is 2.51. The van der Waals surface area contributed by atoms with Gasteiger partial charge in [0.15, 0.2) is 0 Å². The van der Waals surface area contributed by atoms with Crippen molar-refractivity contribution in [1.82, 2.24) is 5.32 Å². The predicted molar refractivity (Wildman–Crippen MR) is 60.2 cm³/mol. The van der Waals surface area contributed by atoms with Gasteiger partial charge in [-0.1, -0.05) is 15.9 Å². The van der Waals surface area contributed by atoms with Crippen molar-refractivity contribution in [3.63, 3.8) is 0 Å². The van der Waals surface area contributed by atoms with Crippen molar-refractivity contribution in [2.45, 2.75) is 6.18 Å². The predicted octanol–water partition coefficient (Wildman–Crippen LogP) is 2.05. The molecule has 9 heteroatoms. The highest BCUT2D eigenvalue weighted by Crippen LogP contribution is 2.34. The van der Waals surface area contributed by atoms with Gasteiger partial charge in [0.25, 0.3) is 0 Å². The van der Waals surface area contributed by atoms with E-state index in [9.17, 15) is 27.6 Å². The molecule has 1 aromatic carbocycles. The first-order valence-corrected chi connectivity index (χ1v) is 5.56. The van der Waals surface area contributed by atoms with Crippen molar-refractivity contribution in [3.8, 4) is 0 Å². The monoisotopic (exact) mass is 336 g/mol. The Morgan fingerprint density at radius 1 is 1.11 bits per heavy atom. The molecule has 5 nitrogen and oxygen atoms in total. The second-order valence-electron chi connectivity index (χ2n) is 3.60. The number of hydrogen-bond donors (Lipinski definition) is 1. The first-order chi connectivity index (χ1) is 8.70. The van der Waals surface area contributed by atoms with Crippen LogP contribution in [-0.4, -0.2) is 17.8 Å². The molecule has 1 aromatic rings. The van der Waals surface area contributed by atoms with E-state index in [0.717, 1.165) is 12.1 Å². The van der Waals surface area contributed by atoms with Crippen LogP contribution in [0.25, 0.3) is 0 Å². The molecule has 0 saturated carbocycles. The van der Waals surface area contributed by atoms with Crippen molar-refractivity contribution in [2.24, 2.45) is 0 Å². The van der Waals surface area contributed by atoms with E-state index in [-0.39, 0.29) is 10.2 Å². The number of imide groups is 2. The van der Waals surface area contributed by atoms with Crippen LogP contribution in [0.2, 0.25) is 0 Å². The lowest BCUT2D eigenvalue weighted by atomic mass is 10.2. The Morgan fingerprint density at radius 3 is 2.21 bits per heavy atom. The number of amides is 4. The molecular formula is C10H4BrF3N2O3. The number of urea groups is 1. The van der Waals surface area contributed by atoms with Crippen LogP contribution >= 0.6 is 15.9 Å². The largest absolute Gasteiger partial charge is 0.416 e. The van der Waals surface area contributed by atoms with Gasteiger partial charge in [0, 0.05) is 4.47 Å². The number of nitrogens with zero attached hydrogens (tertiary/aromatic N) is 1. The summed E-state index contributed by atoms with van der Waals surface area (Å²) in [5.41, 5.74) is -1.38. The maximum Gasteiger partial charge on any atom is 0.416 e. The number of hydrogen-bond acceptors (Lipinski definition) is 3. The molecule has 0 bridgehead atoms. The molecule has 19 heavy (non-hydrogen) atoms. The van der Waals surface area contributed by atoms with Gasteiger partial charge in [-0.2, -0.15) is 13.2 Å². The quantitative estimate of drug-likeness (QED) is 0.630. The molecule has 0 aromatic heterocycles. The summed E-state index contributed by atoms with van der Waals surface area (Å²) in [6.07, 6.45) is -4.64. The summed E-state index contributed by atoms with van der Waals surface area (Å²) < 4.78 is 37.9. The number of halogens is 4. The zero-order chi connectivity index (χ0) is 14.4. The molecule has 100 valence electrons. The van der Waals surface area contributed by atoms with Crippen molar-refractivity contribution >= 4 is 39.5 Å². The maximum absolute atomic E-state index is 12.6. The average molecular weight is 337 g/mol. The number of nitrogens with one attached hydrogen (secondary N) is 1. The molecule has 1 N–H and O–H groups in total. The fraction of sp³-hybridized carbons (Fsp3) is 0.100. The molecular weight excluding hydrogens is 333 g/mol. The molecule has 1 saturated heterocycles. The topological polar surface area (TPSA) is 66.5 Å². The van der Waals surface area contributed by atoms with E-state index >= 15 is 0 Å². The first kappa shape index (κ1) is 13.5. The minimum absolute atomic E-state index is 0.0253. The molecule has 0 atom stereocenters. The Labute approximate surface area is 112 Å². The Hall–Kier alpha value is -1.90. The summed E-state index contributed by atoms with van der Waals surface area (Å²) in [4.78, 5) is 34.1. The van der Waals surface area contributed by atoms with Gasteiger partial charge in [-0.05, 0) is 18.2 Å². The van der Waals surface area contributed by atoms with Gasteiger partial charge in [-0.3, -0.25) is 14.9 Å². The van der Waals surface area contributed by atoms with Gasteiger partial charge in [0.2, 0.25) is 0 Å². The van der Waals surface area contributed by atoms with Crippen molar-refractivity contribution < 1.29 is 27.6 Å². The lowest BCUT2D eigenvalue weighted by molar-refractivity contribution is -0.137. The van der Waals surface area contributed by atoms with E-state index in [1.807, 2.05) is 0 Å². The number of rotatable bonds is 1. The van der Waals surface area contributed by atoms with Crippen LogP contribution < -0.4 is 10.2 Å². The highest BCUT2D eigenvalue weighted by molar-refractivity contribution is 9.10. The van der Waals surface area contributed by atoms with Crippen LogP contribution in [0.5, 0.6) is 0 Å². The van der Waals surface area contributed by atoms with E-state index in [4.69, 9.17) is 0 Å². The van der Waals surface area contributed by atoms with Crippen LogP contribution in [0.4, 0.5) is 23.7 Å². The van der Waals surface area contributed by atoms with Crippen LogP contribution in [0.1, 0.15) is 5.56 Å². The Morgan fingerprint density at radius 2 is 1.74 bits per heavy atom. The number of carbonyl (C=O) groups excluding carboxylic acids is 3. The number of alkyl halides is 3. The van der Waals surface area contributed by atoms with E-state index < -0.39 is 29.6 Å². The summed E-state index contributed by atoms with van der Waals surface area (Å²) in [5, 5.41) is 1.69. The van der Waals surface area contributed by atoms with Gasteiger partial charge in [-0.15, -0.1) is 0 Å². The molecule has 0 spiro atoms. The van der Waals surface area contributed by atoms with Crippen molar-refractivity contribution in [3.05, 3.63) is 28.2 Å². The maximum atomic E-state index is 12.6. The van der Waals surface area contributed by atoms with Crippen molar-refractivity contribution in [1.29, 1.82) is 0 Å². The van der Waals surface area contributed by atoms with E-state index in [1.54, 1.807) is 5.32 Å².